The average molecular weight is 141 g/mol. The van der Waals surface area contributed by atoms with Crippen molar-refractivity contribution in [2.75, 3.05) is 5.73 Å². The van der Waals surface area contributed by atoms with Crippen molar-refractivity contribution < 1.29 is 0 Å². The van der Waals surface area contributed by atoms with Crippen molar-refractivity contribution >= 4 is 5.82 Å². The van der Waals surface area contributed by atoms with Crippen LogP contribution in [0.5, 0.6) is 0 Å². The predicted molar refractivity (Wildman–Crippen MR) is 39.9 cm³/mol. The van der Waals surface area contributed by atoms with Crippen LogP contribution in [0.15, 0.2) is 4.79 Å². The van der Waals surface area contributed by atoms with Gasteiger partial charge in [0.25, 0.3) is 5.56 Å². The molecule has 0 amide bonds. The highest BCUT2D eigenvalue weighted by Crippen LogP contribution is 2.13. The molecule has 0 aromatic carbocycles. The number of nitrogen functional groups attached to an aromatic ring is 1. The average Bonchev–Trinajstić information content (AvgIpc) is 2.11. The van der Waals surface area contributed by atoms with E-state index in [1.54, 1.807) is 0 Å². The standard InChI is InChI=1S/C6H11N3O/c1-3(2)4-5(7)8-9-6(4)10/h3H,1-2H3,(H4,7,8,9,10). The third-order valence-electron chi connectivity index (χ3n) is 1.42. The number of aromatic nitrogens is 2. The van der Waals surface area contributed by atoms with Crippen LogP contribution >= 0.6 is 0 Å². The molecule has 1 aromatic heterocycles. The lowest BCUT2D eigenvalue weighted by molar-refractivity contribution is 0.860. The lowest BCUT2D eigenvalue weighted by Crippen LogP contribution is -2.08. The van der Waals surface area contributed by atoms with Gasteiger partial charge < -0.3 is 5.73 Å². The van der Waals surface area contributed by atoms with Crippen molar-refractivity contribution in [3.63, 3.8) is 0 Å². The Balaban J connectivity index is 3.23. The highest BCUT2D eigenvalue weighted by atomic mass is 16.1. The van der Waals surface area contributed by atoms with Crippen molar-refractivity contribution in [3.8, 4) is 0 Å². The van der Waals surface area contributed by atoms with Gasteiger partial charge in [0, 0.05) is 0 Å². The summed E-state index contributed by atoms with van der Waals surface area (Å²) in [6.45, 7) is 3.85. The topological polar surface area (TPSA) is 74.7 Å². The van der Waals surface area contributed by atoms with Crippen LogP contribution in [-0.2, 0) is 0 Å². The van der Waals surface area contributed by atoms with Crippen molar-refractivity contribution in [2.45, 2.75) is 19.8 Å². The van der Waals surface area contributed by atoms with E-state index >= 15 is 0 Å². The van der Waals surface area contributed by atoms with E-state index in [2.05, 4.69) is 10.2 Å². The molecule has 1 heterocycles. The fourth-order valence-corrected chi connectivity index (χ4v) is 0.954. The Kier molecular flexibility index (Phi) is 1.53. The van der Waals surface area contributed by atoms with Gasteiger partial charge in [-0.15, -0.1) is 0 Å². The molecule has 10 heavy (non-hydrogen) atoms. The Morgan fingerprint density at radius 2 is 2.00 bits per heavy atom. The highest BCUT2D eigenvalue weighted by molar-refractivity contribution is 5.38. The Morgan fingerprint density at radius 3 is 2.20 bits per heavy atom. The monoisotopic (exact) mass is 141 g/mol. The van der Waals surface area contributed by atoms with Gasteiger partial charge in [-0.2, -0.15) is 0 Å². The van der Waals surface area contributed by atoms with Crippen LogP contribution < -0.4 is 11.3 Å². The van der Waals surface area contributed by atoms with Crippen LogP contribution in [0.1, 0.15) is 25.3 Å². The zero-order chi connectivity index (χ0) is 7.72. The number of anilines is 1. The van der Waals surface area contributed by atoms with Crippen molar-refractivity contribution in [1.29, 1.82) is 0 Å². The fraction of sp³-hybridized carbons (Fsp3) is 0.500. The maximum Gasteiger partial charge on any atom is 0.269 e. The first-order valence-corrected chi connectivity index (χ1v) is 3.19. The Labute approximate surface area is 58.4 Å². The van der Waals surface area contributed by atoms with Crippen LogP contribution in [-0.4, -0.2) is 10.2 Å². The normalized spacial score (nSPS) is 10.7. The van der Waals surface area contributed by atoms with Gasteiger partial charge >= 0.3 is 0 Å². The summed E-state index contributed by atoms with van der Waals surface area (Å²) in [6.07, 6.45) is 0. The van der Waals surface area contributed by atoms with Crippen LogP contribution in [0.25, 0.3) is 0 Å². The third-order valence-corrected chi connectivity index (χ3v) is 1.42. The second-order valence-corrected chi connectivity index (χ2v) is 2.56. The molecule has 0 saturated carbocycles. The van der Waals surface area contributed by atoms with E-state index in [1.807, 2.05) is 13.8 Å². The zero-order valence-corrected chi connectivity index (χ0v) is 6.06. The van der Waals surface area contributed by atoms with E-state index in [0.717, 1.165) is 0 Å². The number of H-pyrrole nitrogens is 2. The summed E-state index contributed by atoms with van der Waals surface area (Å²) in [5.41, 5.74) is 5.98. The largest absolute Gasteiger partial charge is 0.384 e. The van der Waals surface area contributed by atoms with Gasteiger partial charge in [0.2, 0.25) is 0 Å². The summed E-state index contributed by atoms with van der Waals surface area (Å²) in [7, 11) is 0. The van der Waals surface area contributed by atoms with Gasteiger partial charge in [0.15, 0.2) is 0 Å². The molecule has 1 aromatic rings. The van der Waals surface area contributed by atoms with Gasteiger partial charge in [0.05, 0.1) is 5.56 Å². The summed E-state index contributed by atoms with van der Waals surface area (Å²) in [5.74, 6) is 0.620. The molecule has 0 fully saturated rings. The van der Waals surface area contributed by atoms with E-state index in [-0.39, 0.29) is 11.5 Å². The number of aromatic amines is 2. The third kappa shape index (κ3) is 0.920. The quantitative estimate of drug-likeness (QED) is 0.529. The van der Waals surface area contributed by atoms with E-state index in [4.69, 9.17) is 5.73 Å². The second kappa shape index (κ2) is 2.21. The summed E-state index contributed by atoms with van der Waals surface area (Å²) in [5, 5.41) is 4.97. The van der Waals surface area contributed by atoms with E-state index in [0.29, 0.717) is 11.4 Å². The van der Waals surface area contributed by atoms with Crippen LogP contribution in [0.4, 0.5) is 5.82 Å². The summed E-state index contributed by atoms with van der Waals surface area (Å²) in [4.78, 5) is 10.9. The lowest BCUT2D eigenvalue weighted by atomic mass is 10.1. The first-order valence-electron chi connectivity index (χ1n) is 3.19. The zero-order valence-electron chi connectivity index (χ0n) is 6.06. The van der Waals surface area contributed by atoms with Gasteiger partial charge in [-0.05, 0) is 5.92 Å². The Morgan fingerprint density at radius 1 is 1.40 bits per heavy atom. The molecule has 0 aliphatic rings. The summed E-state index contributed by atoms with van der Waals surface area (Å²) < 4.78 is 0. The van der Waals surface area contributed by atoms with Crippen molar-refractivity contribution in [3.05, 3.63) is 15.9 Å². The molecule has 0 aliphatic carbocycles. The summed E-state index contributed by atoms with van der Waals surface area (Å²) in [6, 6.07) is 0. The van der Waals surface area contributed by atoms with Gasteiger partial charge in [0.1, 0.15) is 5.82 Å². The molecule has 4 heteroatoms. The Bertz CT molecular complexity index is 271. The van der Waals surface area contributed by atoms with E-state index < -0.39 is 0 Å². The number of nitrogens with one attached hydrogen (secondary N) is 2. The Hall–Kier alpha value is -1.19. The van der Waals surface area contributed by atoms with Crippen molar-refractivity contribution in [1.82, 2.24) is 10.2 Å². The number of hydrogen-bond acceptors (Lipinski definition) is 2. The van der Waals surface area contributed by atoms with E-state index in [9.17, 15) is 4.79 Å². The SMILES string of the molecule is CC(C)c1c(N)[nH][nH]c1=O. The van der Waals surface area contributed by atoms with Crippen LogP contribution in [0, 0.1) is 0 Å². The highest BCUT2D eigenvalue weighted by Gasteiger charge is 2.09. The van der Waals surface area contributed by atoms with E-state index in [1.165, 1.54) is 0 Å². The molecule has 56 valence electrons. The molecule has 4 nitrogen and oxygen atoms in total. The molecule has 0 aliphatic heterocycles. The number of rotatable bonds is 1. The van der Waals surface area contributed by atoms with Gasteiger partial charge in [-0.1, -0.05) is 13.8 Å². The fourth-order valence-electron chi connectivity index (χ4n) is 0.954. The first kappa shape index (κ1) is 6.92. The predicted octanol–water partition coefficient (Wildman–Crippen LogP) is 0.409. The smallest absolute Gasteiger partial charge is 0.269 e. The first-order chi connectivity index (χ1) is 4.63. The molecule has 0 bridgehead atoms. The number of nitrogens with two attached hydrogens (primary N) is 1. The minimum atomic E-state index is -0.118. The molecule has 0 unspecified atom stereocenters. The minimum Gasteiger partial charge on any atom is -0.384 e. The molecule has 0 spiro atoms. The minimum absolute atomic E-state index is 0.118. The van der Waals surface area contributed by atoms with Crippen molar-refractivity contribution in [2.24, 2.45) is 0 Å². The number of hydrogen-bond donors (Lipinski definition) is 3. The lowest BCUT2D eigenvalue weighted by Gasteiger charge is -1.98. The molecule has 4 N–H and O–H groups in total. The molecular weight excluding hydrogens is 130 g/mol. The molecule has 0 radical (unpaired) electrons. The van der Waals surface area contributed by atoms with Crippen LogP contribution in [0.2, 0.25) is 0 Å². The molecule has 1 rings (SSSR count). The molecular formula is C6H11N3O. The van der Waals surface area contributed by atoms with Gasteiger partial charge in [-0.3, -0.25) is 15.0 Å². The maximum absolute atomic E-state index is 10.9. The summed E-state index contributed by atoms with van der Waals surface area (Å²) >= 11 is 0. The molecule has 0 atom stereocenters. The molecule has 0 saturated heterocycles. The maximum atomic E-state index is 10.9. The van der Waals surface area contributed by atoms with Gasteiger partial charge in [-0.25, -0.2) is 0 Å². The van der Waals surface area contributed by atoms with Crippen LogP contribution in [0.3, 0.4) is 0 Å². The second-order valence-electron chi connectivity index (χ2n) is 2.56.